The number of rotatable bonds is 4. The summed E-state index contributed by atoms with van der Waals surface area (Å²) >= 11 is 0. The lowest BCUT2D eigenvalue weighted by Gasteiger charge is -2.34. The Morgan fingerprint density at radius 1 is 1.08 bits per heavy atom. The van der Waals surface area contributed by atoms with Crippen LogP contribution in [-0.2, 0) is 11.3 Å². The number of hydrogen-bond acceptors (Lipinski definition) is 4. The Balaban J connectivity index is 1.61. The van der Waals surface area contributed by atoms with Crippen molar-refractivity contribution in [2.45, 2.75) is 20.4 Å². The number of carbonyl (C=O) groups is 2. The second kappa shape index (κ2) is 7.99. The number of pyridine rings is 1. The Kier molecular flexibility index (Phi) is 5.51. The first kappa shape index (κ1) is 17.9. The second-order valence-electron chi connectivity index (χ2n) is 6.57. The van der Waals surface area contributed by atoms with Gasteiger partial charge in [0.25, 0.3) is 5.91 Å². The van der Waals surface area contributed by atoms with Gasteiger partial charge >= 0.3 is 0 Å². The molecule has 0 saturated carbocycles. The quantitative estimate of drug-likeness (QED) is 0.917. The van der Waals surface area contributed by atoms with E-state index in [-0.39, 0.29) is 11.8 Å². The van der Waals surface area contributed by atoms with Crippen molar-refractivity contribution < 1.29 is 9.59 Å². The average molecular weight is 352 g/mol. The summed E-state index contributed by atoms with van der Waals surface area (Å²) in [5.41, 5.74) is 3.71. The number of piperazine rings is 1. The van der Waals surface area contributed by atoms with E-state index in [9.17, 15) is 9.59 Å². The summed E-state index contributed by atoms with van der Waals surface area (Å²) in [7, 11) is 0. The minimum atomic E-state index is -0.0904. The van der Waals surface area contributed by atoms with E-state index in [1.807, 2.05) is 12.1 Å². The lowest BCUT2D eigenvalue weighted by atomic mass is 10.1. The minimum absolute atomic E-state index is 0.0533. The largest absolute Gasteiger partial charge is 0.381 e. The van der Waals surface area contributed by atoms with Crippen molar-refractivity contribution in [1.82, 2.24) is 14.8 Å². The minimum Gasteiger partial charge on any atom is -0.381 e. The smallest absolute Gasteiger partial charge is 0.272 e. The summed E-state index contributed by atoms with van der Waals surface area (Å²) < 4.78 is 0. The third-order valence-electron chi connectivity index (χ3n) is 4.57. The van der Waals surface area contributed by atoms with Crippen molar-refractivity contribution >= 4 is 17.5 Å². The van der Waals surface area contributed by atoms with E-state index >= 15 is 0 Å². The molecule has 1 N–H and O–H groups in total. The first-order valence-electron chi connectivity index (χ1n) is 8.83. The van der Waals surface area contributed by atoms with Crippen molar-refractivity contribution in [3.05, 3.63) is 59.4 Å². The molecule has 6 nitrogen and oxygen atoms in total. The molecule has 2 aromatic rings. The highest BCUT2D eigenvalue weighted by molar-refractivity contribution is 5.93. The highest BCUT2D eigenvalue weighted by Crippen LogP contribution is 2.14. The second-order valence-corrected chi connectivity index (χ2v) is 6.57. The zero-order valence-electron chi connectivity index (χ0n) is 15.2. The maximum Gasteiger partial charge on any atom is 0.272 e. The number of aromatic nitrogens is 1. The molecule has 1 aliphatic heterocycles. The zero-order valence-corrected chi connectivity index (χ0v) is 15.2. The molecule has 1 aromatic carbocycles. The van der Waals surface area contributed by atoms with E-state index in [2.05, 4.69) is 35.4 Å². The summed E-state index contributed by atoms with van der Waals surface area (Å²) in [5.74, 6) is -0.0371. The fourth-order valence-corrected chi connectivity index (χ4v) is 3.07. The van der Waals surface area contributed by atoms with E-state index in [0.717, 1.165) is 5.69 Å². The molecule has 0 bridgehead atoms. The Labute approximate surface area is 153 Å². The van der Waals surface area contributed by atoms with E-state index in [0.29, 0.717) is 38.4 Å². The van der Waals surface area contributed by atoms with Gasteiger partial charge in [0.15, 0.2) is 0 Å². The number of anilines is 1. The molecule has 3 rings (SSSR count). The predicted molar refractivity (Wildman–Crippen MR) is 101 cm³/mol. The van der Waals surface area contributed by atoms with Crippen LogP contribution in [-0.4, -0.2) is 52.8 Å². The van der Waals surface area contributed by atoms with Crippen LogP contribution in [0.5, 0.6) is 0 Å². The molecule has 0 unspecified atom stereocenters. The number of nitrogens with one attached hydrogen (secondary N) is 1. The Bertz CT molecular complexity index is 798. The number of nitrogens with zero attached hydrogens (tertiary/aromatic N) is 3. The summed E-state index contributed by atoms with van der Waals surface area (Å²) in [5, 5.41) is 3.34. The van der Waals surface area contributed by atoms with Gasteiger partial charge in [-0.05, 0) is 24.6 Å². The van der Waals surface area contributed by atoms with Crippen molar-refractivity contribution in [1.29, 1.82) is 0 Å². The lowest BCUT2D eigenvalue weighted by molar-refractivity contribution is -0.130. The predicted octanol–water partition coefficient (Wildman–Crippen LogP) is 2.31. The van der Waals surface area contributed by atoms with Crippen molar-refractivity contribution in [2.75, 3.05) is 31.5 Å². The van der Waals surface area contributed by atoms with Crippen LogP contribution >= 0.6 is 0 Å². The standard InChI is InChI=1S/C20H24N4O2/c1-15-4-3-5-17(12-15)14-22-18-6-7-21-19(13-18)20(26)24-10-8-23(9-11-24)16(2)25/h3-7,12-13H,8-11,14H2,1-2H3,(H,21,22). The monoisotopic (exact) mass is 352 g/mol. The van der Waals surface area contributed by atoms with E-state index < -0.39 is 0 Å². The van der Waals surface area contributed by atoms with Gasteiger partial charge in [-0.15, -0.1) is 0 Å². The van der Waals surface area contributed by atoms with Crippen LogP contribution in [0.4, 0.5) is 5.69 Å². The Morgan fingerprint density at radius 3 is 2.50 bits per heavy atom. The average Bonchev–Trinajstić information content (AvgIpc) is 2.66. The van der Waals surface area contributed by atoms with E-state index in [1.165, 1.54) is 11.1 Å². The molecular weight excluding hydrogens is 328 g/mol. The van der Waals surface area contributed by atoms with E-state index in [4.69, 9.17) is 0 Å². The Morgan fingerprint density at radius 2 is 1.81 bits per heavy atom. The lowest BCUT2D eigenvalue weighted by Crippen LogP contribution is -2.50. The zero-order chi connectivity index (χ0) is 18.5. The van der Waals surface area contributed by atoms with Gasteiger partial charge in [-0.3, -0.25) is 14.6 Å². The van der Waals surface area contributed by atoms with Gasteiger partial charge in [0.2, 0.25) is 5.91 Å². The number of aryl methyl sites for hydroxylation is 1. The van der Waals surface area contributed by atoms with Crippen LogP contribution in [0.3, 0.4) is 0 Å². The van der Waals surface area contributed by atoms with Crippen LogP contribution in [0.2, 0.25) is 0 Å². The first-order chi connectivity index (χ1) is 12.5. The SMILES string of the molecule is CC(=O)N1CCN(C(=O)c2cc(NCc3cccc(C)c3)ccn2)CC1. The van der Waals surface area contributed by atoms with Crippen molar-refractivity contribution in [2.24, 2.45) is 0 Å². The topological polar surface area (TPSA) is 65.5 Å². The summed E-state index contributed by atoms with van der Waals surface area (Å²) in [6, 6.07) is 12.0. The van der Waals surface area contributed by atoms with Crippen LogP contribution in [0, 0.1) is 6.92 Å². The maximum atomic E-state index is 12.7. The number of carbonyl (C=O) groups excluding carboxylic acids is 2. The molecule has 2 amide bonds. The molecule has 26 heavy (non-hydrogen) atoms. The molecular formula is C20H24N4O2. The van der Waals surface area contributed by atoms with Gasteiger partial charge in [0.05, 0.1) is 0 Å². The normalized spacial score (nSPS) is 14.2. The highest BCUT2D eigenvalue weighted by atomic mass is 16.2. The maximum absolute atomic E-state index is 12.7. The van der Waals surface area contributed by atoms with Crippen molar-refractivity contribution in [3.63, 3.8) is 0 Å². The molecule has 1 fully saturated rings. The highest BCUT2D eigenvalue weighted by Gasteiger charge is 2.24. The van der Waals surface area contributed by atoms with Gasteiger partial charge in [0, 0.05) is 51.5 Å². The van der Waals surface area contributed by atoms with Gasteiger partial charge in [-0.2, -0.15) is 0 Å². The Hall–Kier alpha value is -2.89. The summed E-state index contributed by atoms with van der Waals surface area (Å²) in [6.07, 6.45) is 1.65. The molecule has 1 aliphatic rings. The van der Waals surface area contributed by atoms with Gasteiger partial charge in [-0.1, -0.05) is 29.8 Å². The number of hydrogen-bond donors (Lipinski definition) is 1. The summed E-state index contributed by atoms with van der Waals surface area (Å²) in [6.45, 7) is 6.55. The molecule has 6 heteroatoms. The van der Waals surface area contributed by atoms with Crippen LogP contribution in [0.15, 0.2) is 42.6 Å². The molecule has 2 heterocycles. The van der Waals surface area contributed by atoms with Gasteiger partial charge < -0.3 is 15.1 Å². The fourth-order valence-electron chi connectivity index (χ4n) is 3.07. The molecule has 1 aromatic heterocycles. The van der Waals surface area contributed by atoms with Crippen LogP contribution in [0.25, 0.3) is 0 Å². The molecule has 1 saturated heterocycles. The molecule has 0 spiro atoms. The first-order valence-corrected chi connectivity index (χ1v) is 8.83. The van der Waals surface area contributed by atoms with Crippen LogP contribution in [0.1, 0.15) is 28.5 Å². The molecule has 0 radical (unpaired) electrons. The van der Waals surface area contributed by atoms with Gasteiger partial charge in [-0.25, -0.2) is 0 Å². The molecule has 136 valence electrons. The number of benzene rings is 1. The molecule has 0 aliphatic carbocycles. The van der Waals surface area contributed by atoms with Crippen molar-refractivity contribution in [3.8, 4) is 0 Å². The van der Waals surface area contributed by atoms with Gasteiger partial charge in [0.1, 0.15) is 5.69 Å². The van der Waals surface area contributed by atoms with Crippen LogP contribution < -0.4 is 5.32 Å². The molecule has 0 atom stereocenters. The fraction of sp³-hybridized carbons (Fsp3) is 0.350. The third kappa shape index (κ3) is 4.39. The third-order valence-corrected chi connectivity index (χ3v) is 4.57. The summed E-state index contributed by atoms with van der Waals surface area (Å²) in [4.78, 5) is 31.8. The van der Waals surface area contributed by atoms with E-state index in [1.54, 1.807) is 29.0 Å². The number of amides is 2.